The maximum atomic E-state index is 10.4. The zero-order chi connectivity index (χ0) is 10.7. The van der Waals surface area contributed by atoms with E-state index in [1.807, 2.05) is 6.92 Å². The van der Waals surface area contributed by atoms with Crippen molar-refractivity contribution in [1.82, 2.24) is 0 Å². The average molecular weight is 235 g/mol. The first-order valence-corrected chi connectivity index (χ1v) is 4.62. The lowest BCUT2D eigenvalue weighted by atomic mass is 10.2. The van der Waals surface area contributed by atoms with Crippen LogP contribution >= 0.6 is 23.2 Å². The number of carboxylic acids is 1. The molecule has 1 aromatic carbocycles. The Hall–Kier alpha value is -0.930. The van der Waals surface area contributed by atoms with Crippen molar-refractivity contribution in [3.8, 4) is 5.75 Å². The second-order valence-corrected chi connectivity index (χ2v) is 3.51. The van der Waals surface area contributed by atoms with Crippen LogP contribution in [-0.2, 0) is 4.79 Å². The Balaban J connectivity index is 2.82. The van der Waals surface area contributed by atoms with Gasteiger partial charge in [0.05, 0.1) is 5.02 Å². The highest BCUT2D eigenvalue weighted by atomic mass is 35.5. The summed E-state index contributed by atoms with van der Waals surface area (Å²) in [5.41, 5.74) is -0.459. The van der Waals surface area contributed by atoms with Crippen molar-refractivity contribution in [3.05, 3.63) is 28.8 Å². The minimum Gasteiger partial charge on any atom is -0.478 e. The third-order valence-corrected chi connectivity index (χ3v) is 2.08. The fourth-order valence-electron chi connectivity index (χ4n) is 0.863. The molecule has 0 heterocycles. The van der Waals surface area contributed by atoms with E-state index in [0.717, 1.165) is 5.56 Å². The molecule has 0 saturated heterocycles. The lowest BCUT2D eigenvalue weighted by Crippen LogP contribution is -2.20. The Morgan fingerprint density at radius 2 is 2.21 bits per heavy atom. The van der Waals surface area contributed by atoms with E-state index >= 15 is 0 Å². The summed E-state index contributed by atoms with van der Waals surface area (Å²) in [6.45, 7) is 1.87. The maximum Gasteiger partial charge on any atom is 0.360 e. The lowest BCUT2D eigenvalue weighted by Gasteiger charge is -2.10. The van der Waals surface area contributed by atoms with Gasteiger partial charge in [0.1, 0.15) is 5.75 Å². The number of benzene rings is 1. The van der Waals surface area contributed by atoms with Crippen molar-refractivity contribution in [2.45, 2.75) is 12.5 Å². The van der Waals surface area contributed by atoms with Crippen LogP contribution in [0.2, 0.25) is 5.02 Å². The van der Waals surface area contributed by atoms with Crippen molar-refractivity contribution < 1.29 is 14.6 Å². The van der Waals surface area contributed by atoms with Crippen molar-refractivity contribution in [1.29, 1.82) is 0 Å². The van der Waals surface area contributed by atoms with E-state index in [2.05, 4.69) is 0 Å². The molecular formula is C9H8Cl2O3. The molecule has 1 aromatic rings. The first-order valence-electron chi connectivity index (χ1n) is 3.80. The van der Waals surface area contributed by atoms with E-state index in [4.69, 9.17) is 33.0 Å². The summed E-state index contributed by atoms with van der Waals surface area (Å²) >= 11 is 11.2. The highest BCUT2D eigenvalue weighted by Gasteiger charge is 2.16. The molecule has 1 N–H and O–H groups in total. The van der Waals surface area contributed by atoms with Gasteiger partial charge in [-0.05, 0) is 24.6 Å². The fraction of sp³-hybridized carbons (Fsp3) is 0.222. The lowest BCUT2D eigenvalue weighted by molar-refractivity contribution is -0.141. The maximum absolute atomic E-state index is 10.4. The van der Waals surface area contributed by atoms with Crippen LogP contribution in [0.3, 0.4) is 0 Å². The number of carboxylic acid groups (broad SMARTS) is 1. The molecule has 0 bridgehead atoms. The van der Waals surface area contributed by atoms with Crippen molar-refractivity contribution in [3.63, 3.8) is 0 Å². The van der Waals surface area contributed by atoms with Gasteiger partial charge in [-0.1, -0.05) is 29.3 Å². The van der Waals surface area contributed by atoms with Crippen molar-refractivity contribution in [2.24, 2.45) is 0 Å². The average Bonchev–Trinajstić information content (AvgIpc) is 2.09. The molecule has 1 atom stereocenters. The van der Waals surface area contributed by atoms with Gasteiger partial charge >= 0.3 is 5.97 Å². The smallest absolute Gasteiger partial charge is 0.360 e. The zero-order valence-corrected chi connectivity index (χ0v) is 8.84. The van der Waals surface area contributed by atoms with Gasteiger partial charge in [-0.25, -0.2) is 4.79 Å². The molecule has 1 unspecified atom stereocenters. The second kappa shape index (κ2) is 4.53. The van der Waals surface area contributed by atoms with Crippen LogP contribution in [0.25, 0.3) is 0 Å². The quantitative estimate of drug-likeness (QED) is 0.819. The summed E-state index contributed by atoms with van der Waals surface area (Å²) in [4.78, 5) is 10.4. The minimum atomic E-state index is -1.42. The van der Waals surface area contributed by atoms with Crippen LogP contribution in [0.1, 0.15) is 5.56 Å². The number of aryl methyl sites for hydroxylation is 1. The molecule has 3 nitrogen and oxygen atoms in total. The SMILES string of the molecule is Cc1ccc(OC(Cl)C(=O)O)c(Cl)c1. The van der Waals surface area contributed by atoms with Crippen LogP contribution in [-0.4, -0.2) is 16.6 Å². The van der Waals surface area contributed by atoms with Crippen LogP contribution in [0.15, 0.2) is 18.2 Å². The van der Waals surface area contributed by atoms with E-state index in [1.54, 1.807) is 18.2 Å². The summed E-state index contributed by atoms with van der Waals surface area (Å²) in [6.07, 6.45) is 0. The first kappa shape index (κ1) is 11.1. The number of hydrogen-bond acceptors (Lipinski definition) is 2. The molecule has 76 valence electrons. The van der Waals surface area contributed by atoms with E-state index in [-0.39, 0.29) is 5.75 Å². The number of aliphatic carboxylic acids is 1. The predicted octanol–water partition coefficient (Wildman–Crippen LogP) is 2.68. The number of halogens is 2. The van der Waals surface area contributed by atoms with Crippen LogP contribution in [0.5, 0.6) is 5.75 Å². The van der Waals surface area contributed by atoms with Crippen LogP contribution in [0, 0.1) is 6.92 Å². The van der Waals surface area contributed by atoms with Crippen molar-refractivity contribution in [2.75, 3.05) is 0 Å². The third-order valence-electron chi connectivity index (χ3n) is 1.51. The van der Waals surface area contributed by atoms with Gasteiger partial charge in [0.25, 0.3) is 5.56 Å². The van der Waals surface area contributed by atoms with Crippen LogP contribution < -0.4 is 4.74 Å². The monoisotopic (exact) mass is 234 g/mol. The van der Waals surface area contributed by atoms with Gasteiger partial charge in [-0.15, -0.1) is 0 Å². The molecule has 0 fully saturated rings. The molecule has 0 aliphatic carbocycles. The molecule has 0 spiro atoms. The second-order valence-electron chi connectivity index (χ2n) is 2.71. The number of hydrogen-bond donors (Lipinski definition) is 1. The number of carbonyl (C=O) groups is 1. The summed E-state index contributed by atoms with van der Waals surface area (Å²) in [5, 5.41) is 8.83. The normalized spacial score (nSPS) is 12.2. The highest BCUT2D eigenvalue weighted by Crippen LogP contribution is 2.26. The summed E-state index contributed by atoms with van der Waals surface area (Å²) in [5.74, 6) is -0.983. The molecule has 0 aromatic heterocycles. The molecular weight excluding hydrogens is 227 g/mol. The van der Waals surface area contributed by atoms with Gasteiger partial charge in [0, 0.05) is 0 Å². The van der Waals surface area contributed by atoms with E-state index in [1.165, 1.54) is 0 Å². The molecule has 0 aliphatic rings. The van der Waals surface area contributed by atoms with E-state index in [0.29, 0.717) is 5.02 Å². The highest BCUT2D eigenvalue weighted by molar-refractivity contribution is 6.32. The summed E-state index contributed by atoms with van der Waals surface area (Å²) in [7, 11) is 0. The molecule has 1 rings (SSSR count). The molecule has 14 heavy (non-hydrogen) atoms. The Bertz CT molecular complexity index is 352. The molecule has 0 amide bonds. The molecule has 0 saturated carbocycles. The minimum absolute atomic E-state index is 0.264. The van der Waals surface area contributed by atoms with Gasteiger partial charge in [-0.2, -0.15) is 0 Å². The van der Waals surface area contributed by atoms with Gasteiger partial charge < -0.3 is 9.84 Å². The predicted molar refractivity (Wildman–Crippen MR) is 54.1 cm³/mol. The molecule has 0 aliphatic heterocycles. The summed E-state index contributed by atoms with van der Waals surface area (Å²) < 4.78 is 4.90. The molecule has 5 heteroatoms. The Kier molecular flexibility index (Phi) is 3.61. The fourth-order valence-corrected chi connectivity index (χ4v) is 1.24. The third kappa shape index (κ3) is 2.79. The first-order chi connectivity index (χ1) is 6.50. The summed E-state index contributed by atoms with van der Waals surface area (Å²) in [6, 6.07) is 5.00. The topological polar surface area (TPSA) is 46.5 Å². The van der Waals surface area contributed by atoms with Crippen molar-refractivity contribution >= 4 is 29.2 Å². The van der Waals surface area contributed by atoms with Gasteiger partial charge in [0.2, 0.25) is 0 Å². The Labute approximate surface area is 91.2 Å². The Morgan fingerprint density at radius 1 is 1.57 bits per heavy atom. The molecule has 0 radical (unpaired) electrons. The Morgan fingerprint density at radius 3 is 2.71 bits per heavy atom. The standard InChI is InChI=1S/C9H8Cl2O3/c1-5-2-3-7(6(10)4-5)14-8(11)9(12)13/h2-4,8H,1H3,(H,12,13). The number of rotatable bonds is 3. The number of ether oxygens (including phenoxy) is 1. The number of alkyl halides is 1. The zero-order valence-electron chi connectivity index (χ0n) is 7.33. The van der Waals surface area contributed by atoms with Gasteiger partial charge in [0.15, 0.2) is 0 Å². The van der Waals surface area contributed by atoms with Gasteiger partial charge in [-0.3, -0.25) is 0 Å². The van der Waals surface area contributed by atoms with Crippen LogP contribution in [0.4, 0.5) is 0 Å². The van der Waals surface area contributed by atoms with E-state index < -0.39 is 11.5 Å². The largest absolute Gasteiger partial charge is 0.478 e. The van der Waals surface area contributed by atoms with E-state index in [9.17, 15) is 4.79 Å².